The molecule has 0 aliphatic carbocycles. The Labute approximate surface area is 120 Å². The van der Waals surface area contributed by atoms with Crippen LogP contribution in [0.25, 0.3) is 0 Å². The summed E-state index contributed by atoms with van der Waals surface area (Å²) in [6, 6.07) is 0.438. The van der Waals surface area contributed by atoms with Crippen molar-refractivity contribution in [3.05, 3.63) is 33.2 Å². The van der Waals surface area contributed by atoms with Gasteiger partial charge in [-0.25, -0.2) is 9.97 Å². The molecule has 0 radical (unpaired) electrons. The summed E-state index contributed by atoms with van der Waals surface area (Å²) < 4.78 is 13.2. The van der Waals surface area contributed by atoms with Crippen molar-refractivity contribution in [1.29, 1.82) is 0 Å². The van der Waals surface area contributed by atoms with Crippen molar-refractivity contribution < 1.29 is 14.4 Å². The lowest BCUT2D eigenvalue weighted by molar-refractivity contribution is -0.389. The Kier molecular flexibility index (Phi) is 3.22. The topological polar surface area (TPSA) is 105 Å². The Bertz CT molecular complexity index is 644. The molecule has 0 amide bonds. The largest absolute Gasteiger partial charge is 0.455 e. The quantitative estimate of drug-likeness (QED) is 0.609. The molecule has 3 heterocycles. The number of imidazole rings is 1. The SMILES string of the molecule is O=[N+]([O-])c1cn2c(n1)OCC(Oc1ncc(Br)cn1)C2. The second-order valence-electron chi connectivity index (χ2n) is 4.03. The van der Waals surface area contributed by atoms with Crippen molar-refractivity contribution in [2.75, 3.05) is 6.61 Å². The lowest BCUT2D eigenvalue weighted by atomic mass is 10.3. The number of hydrogen-bond acceptors (Lipinski definition) is 7. The Balaban J connectivity index is 1.72. The van der Waals surface area contributed by atoms with Crippen LogP contribution < -0.4 is 9.47 Å². The average Bonchev–Trinajstić information content (AvgIpc) is 2.85. The summed E-state index contributed by atoms with van der Waals surface area (Å²) in [5.41, 5.74) is 0. The van der Waals surface area contributed by atoms with E-state index in [9.17, 15) is 10.1 Å². The van der Waals surface area contributed by atoms with Gasteiger partial charge in [-0.3, -0.25) is 4.57 Å². The minimum Gasteiger partial charge on any atom is -0.455 e. The molecule has 20 heavy (non-hydrogen) atoms. The van der Waals surface area contributed by atoms with Gasteiger partial charge in [0, 0.05) is 17.4 Å². The summed E-state index contributed by atoms with van der Waals surface area (Å²) in [4.78, 5) is 21.8. The van der Waals surface area contributed by atoms with E-state index in [2.05, 4.69) is 30.9 Å². The van der Waals surface area contributed by atoms with E-state index < -0.39 is 4.92 Å². The number of aromatic nitrogens is 4. The van der Waals surface area contributed by atoms with Crippen LogP contribution in [0.4, 0.5) is 5.82 Å². The minimum atomic E-state index is -0.567. The van der Waals surface area contributed by atoms with Crippen LogP contribution in [0.1, 0.15) is 0 Å². The fourth-order valence-corrected chi connectivity index (χ4v) is 1.95. The van der Waals surface area contributed by atoms with E-state index >= 15 is 0 Å². The van der Waals surface area contributed by atoms with Crippen LogP contribution in [0.15, 0.2) is 23.1 Å². The van der Waals surface area contributed by atoms with Gasteiger partial charge in [0.1, 0.15) is 12.8 Å². The Morgan fingerprint density at radius 1 is 1.50 bits per heavy atom. The number of rotatable bonds is 3. The van der Waals surface area contributed by atoms with Crippen LogP contribution in [0, 0.1) is 10.1 Å². The van der Waals surface area contributed by atoms with Crippen LogP contribution in [-0.2, 0) is 6.54 Å². The van der Waals surface area contributed by atoms with E-state index in [1.54, 1.807) is 12.4 Å². The van der Waals surface area contributed by atoms with Gasteiger partial charge < -0.3 is 19.6 Å². The molecule has 0 aromatic carbocycles. The summed E-state index contributed by atoms with van der Waals surface area (Å²) in [6.07, 6.45) is 4.12. The first-order valence-corrected chi connectivity index (χ1v) is 6.39. The predicted molar refractivity (Wildman–Crippen MR) is 68.5 cm³/mol. The monoisotopic (exact) mass is 341 g/mol. The molecule has 0 bridgehead atoms. The van der Waals surface area contributed by atoms with Crippen LogP contribution in [0.5, 0.6) is 12.0 Å². The maximum Gasteiger partial charge on any atom is 0.414 e. The molecule has 9 nitrogen and oxygen atoms in total. The molecule has 0 saturated heterocycles. The summed E-state index contributed by atoms with van der Waals surface area (Å²) >= 11 is 3.23. The lowest BCUT2D eigenvalue weighted by Gasteiger charge is -2.21. The van der Waals surface area contributed by atoms with Crippen molar-refractivity contribution in [2.24, 2.45) is 0 Å². The maximum absolute atomic E-state index is 10.6. The molecule has 1 atom stereocenters. The highest BCUT2D eigenvalue weighted by Gasteiger charge is 2.29. The summed E-state index contributed by atoms with van der Waals surface area (Å²) in [6.45, 7) is 0.614. The summed E-state index contributed by atoms with van der Waals surface area (Å²) in [7, 11) is 0. The first-order valence-electron chi connectivity index (χ1n) is 5.60. The van der Waals surface area contributed by atoms with Crippen LogP contribution in [0.3, 0.4) is 0 Å². The third-order valence-electron chi connectivity index (χ3n) is 2.58. The zero-order valence-corrected chi connectivity index (χ0v) is 11.6. The molecule has 0 fully saturated rings. The standard InChI is InChI=1S/C10H8BrN5O4/c11-6-1-12-9(13-2-6)20-7-3-15-4-8(16(17)18)14-10(15)19-5-7/h1-2,4,7H,3,5H2. The van der Waals surface area contributed by atoms with Crippen molar-refractivity contribution in [2.45, 2.75) is 12.6 Å². The van der Waals surface area contributed by atoms with E-state index in [0.717, 1.165) is 4.47 Å². The number of fused-ring (bicyclic) bond motifs is 1. The normalized spacial score (nSPS) is 17.1. The Hall–Kier alpha value is -2.23. The molecule has 0 spiro atoms. The second-order valence-corrected chi connectivity index (χ2v) is 4.94. The molecular weight excluding hydrogens is 334 g/mol. The van der Waals surface area contributed by atoms with Crippen molar-refractivity contribution in [3.63, 3.8) is 0 Å². The van der Waals surface area contributed by atoms with Gasteiger partial charge in [-0.1, -0.05) is 0 Å². The molecule has 3 rings (SSSR count). The minimum absolute atomic E-state index is 0.216. The summed E-state index contributed by atoms with van der Waals surface area (Å²) in [5, 5.41) is 10.6. The fraction of sp³-hybridized carbons (Fsp3) is 0.300. The van der Waals surface area contributed by atoms with Crippen molar-refractivity contribution in [3.8, 4) is 12.0 Å². The fourth-order valence-electron chi connectivity index (χ4n) is 1.74. The maximum atomic E-state index is 10.6. The zero-order valence-electron chi connectivity index (χ0n) is 9.97. The third-order valence-corrected chi connectivity index (χ3v) is 2.99. The van der Waals surface area contributed by atoms with Crippen molar-refractivity contribution in [1.82, 2.24) is 19.5 Å². The first kappa shape index (κ1) is 12.8. The molecular formula is C10H8BrN5O4. The van der Waals surface area contributed by atoms with E-state index in [4.69, 9.17) is 9.47 Å². The molecule has 1 aliphatic heterocycles. The van der Waals surface area contributed by atoms with Crippen molar-refractivity contribution >= 4 is 21.7 Å². The molecule has 1 unspecified atom stereocenters. The first-order chi connectivity index (χ1) is 9.61. The van der Waals surface area contributed by atoms with Gasteiger partial charge >= 0.3 is 17.8 Å². The molecule has 2 aromatic heterocycles. The van der Waals surface area contributed by atoms with Gasteiger partial charge in [-0.2, -0.15) is 0 Å². The van der Waals surface area contributed by atoms with Gasteiger partial charge in [0.05, 0.1) is 11.0 Å². The predicted octanol–water partition coefficient (Wildman–Crippen LogP) is 1.18. The third kappa shape index (κ3) is 2.54. The number of nitrogens with zero attached hydrogens (tertiary/aromatic N) is 5. The molecule has 2 aromatic rings. The van der Waals surface area contributed by atoms with E-state index in [-0.39, 0.29) is 30.5 Å². The molecule has 10 heteroatoms. The molecule has 1 aliphatic rings. The van der Waals surface area contributed by atoms with E-state index in [0.29, 0.717) is 6.54 Å². The van der Waals surface area contributed by atoms with Gasteiger partial charge in [0.25, 0.3) is 0 Å². The summed E-state index contributed by atoms with van der Waals surface area (Å²) in [5.74, 6) is -0.249. The number of ether oxygens (including phenoxy) is 2. The van der Waals surface area contributed by atoms with E-state index in [1.807, 2.05) is 0 Å². The molecule has 0 saturated carbocycles. The number of halogens is 1. The van der Waals surface area contributed by atoms with Gasteiger partial charge in [-0.15, -0.1) is 0 Å². The van der Waals surface area contributed by atoms with Gasteiger partial charge in [0.15, 0.2) is 6.10 Å². The highest BCUT2D eigenvalue weighted by Crippen LogP contribution is 2.22. The Morgan fingerprint density at radius 2 is 2.25 bits per heavy atom. The van der Waals surface area contributed by atoms with Crippen LogP contribution >= 0.6 is 15.9 Å². The van der Waals surface area contributed by atoms with E-state index in [1.165, 1.54) is 10.8 Å². The number of nitro groups is 1. The molecule has 104 valence electrons. The number of hydrogen-bond donors (Lipinski definition) is 0. The van der Waals surface area contributed by atoms with Crippen LogP contribution in [-0.4, -0.2) is 37.2 Å². The van der Waals surface area contributed by atoms with Crippen LogP contribution in [0.2, 0.25) is 0 Å². The highest BCUT2D eigenvalue weighted by atomic mass is 79.9. The highest BCUT2D eigenvalue weighted by molar-refractivity contribution is 9.10. The smallest absolute Gasteiger partial charge is 0.414 e. The lowest BCUT2D eigenvalue weighted by Crippen LogP contribution is -2.34. The van der Waals surface area contributed by atoms with Gasteiger partial charge in [-0.05, 0) is 20.9 Å². The zero-order chi connectivity index (χ0) is 14.1. The average molecular weight is 342 g/mol. The van der Waals surface area contributed by atoms with Gasteiger partial charge in [0.2, 0.25) is 0 Å². The molecule has 0 N–H and O–H groups in total. The second kappa shape index (κ2) is 5.04. The Morgan fingerprint density at radius 3 is 2.95 bits per heavy atom.